The number of nitrogens with zero attached hydrogens (tertiary/aromatic N) is 4. The van der Waals surface area contributed by atoms with E-state index in [0.717, 1.165) is 0 Å². The number of carbonyl (C=O) groups excluding carboxylic acids is 1. The molecule has 22 heavy (non-hydrogen) atoms. The molecule has 0 radical (unpaired) electrons. The van der Waals surface area contributed by atoms with Gasteiger partial charge in [-0.3, -0.25) is 14.3 Å². The Balaban J connectivity index is 1.93. The molecule has 7 nitrogen and oxygen atoms in total. The molecule has 0 aromatic carbocycles. The van der Waals surface area contributed by atoms with Gasteiger partial charge in [0.25, 0.3) is 5.56 Å². The van der Waals surface area contributed by atoms with E-state index in [1.54, 1.807) is 36.0 Å². The number of ether oxygens (including phenoxy) is 1. The molecule has 112 valence electrons. The summed E-state index contributed by atoms with van der Waals surface area (Å²) in [6.07, 6.45) is 4.73. The van der Waals surface area contributed by atoms with E-state index in [9.17, 15) is 9.59 Å². The van der Waals surface area contributed by atoms with Crippen LogP contribution < -0.4 is 5.56 Å². The van der Waals surface area contributed by atoms with Crippen molar-refractivity contribution in [3.8, 4) is 0 Å². The molecule has 3 aromatic rings. The first-order chi connectivity index (χ1) is 10.6. The number of carbonyl (C=O) groups is 1. The molecular weight excluding hydrogens is 284 g/mol. The molecule has 0 N–H and O–H groups in total. The number of fused-ring (bicyclic) bond motifs is 1. The smallest absolute Gasteiger partial charge is 0.339 e. The summed E-state index contributed by atoms with van der Waals surface area (Å²) in [7, 11) is 3.12. The van der Waals surface area contributed by atoms with Crippen molar-refractivity contribution in [2.45, 2.75) is 6.54 Å². The first-order valence-electron chi connectivity index (χ1n) is 6.64. The molecule has 0 unspecified atom stereocenters. The van der Waals surface area contributed by atoms with Crippen molar-refractivity contribution in [1.29, 1.82) is 0 Å². The summed E-state index contributed by atoms with van der Waals surface area (Å²) in [4.78, 5) is 32.2. The van der Waals surface area contributed by atoms with Crippen LogP contribution in [0.15, 0.2) is 41.7 Å². The maximum Gasteiger partial charge on any atom is 0.339 e. The fourth-order valence-corrected chi connectivity index (χ4v) is 2.25. The van der Waals surface area contributed by atoms with Gasteiger partial charge in [-0.2, -0.15) is 0 Å². The van der Waals surface area contributed by atoms with Gasteiger partial charge in [-0.1, -0.05) is 0 Å². The minimum atomic E-state index is -0.442. The van der Waals surface area contributed by atoms with Gasteiger partial charge in [0.2, 0.25) is 0 Å². The molecule has 0 bridgehead atoms. The van der Waals surface area contributed by atoms with E-state index in [0.29, 0.717) is 22.3 Å². The first-order valence-corrected chi connectivity index (χ1v) is 6.64. The Bertz CT molecular complexity index is 893. The summed E-state index contributed by atoms with van der Waals surface area (Å²) < 4.78 is 7.85. The van der Waals surface area contributed by atoms with Crippen LogP contribution in [0.25, 0.3) is 11.0 Å². The summed E-state index contributed by atoms with van der Waals surface area (Å²) >= 11 is 0. The van der Waals surface area contributed by atoms with Crippen molar-refractivity contribution in [3.63, 3.8) is 0 Å². The third kappa shape index (κ3) is 2.37. The SMILES string of the molecule is COC(=O)c1ccc(Cn2cnc3ccn(C)c3c2=O)nc1. The number of hydrogen-bond donors (Lipinski definition) is 0. The Morgan fingerprint density at radius 1 is 1.27 bits per heavy atom. The normalized spacial score (nSPS) is 10.8. The molecule has 3 aromatic heterocycles. The lowest BCUT2D eigenvalue weighted by molar-refractivity contribution is 0.0600. The van der Waals surface area contributed by atoms with Gasteiger partial charge < -0.3 is 9.30 Å². The second-order valence-corrected chi connectivity index (χ2v) is 4.87. The van der Waals surface area contributed by atoms with Gasteiger partial charge in [-0.25, -0.2) is 9.78 Å². The van der Waals surface area contributed by atoms with Crippen LogP contribution in [0.1, 0.15) is 16.1 Å². The molecule has 3 rings (SSSR count). The molecule has 0 saturated carbocycles. The average molecular weight is 298 g/mol. The zero-order valence-corrected chi connectivity index (χ0v) is 12.2. The second kappa shape index (κ2) is 5.44. The third-order valence-corrected chi connectivity index (χ3v) is 3.43. The quantitative estimate of drug-likeness (QED) is 0.673. The number of methoxy groups -OCH3 is 1. The zero-order chi connectivity index (χ0) is 15.7. The van der Waals surface area contributed by atoms with Crippen LogP contribution in [-0.2, 0) is 18.3 Å². The van der Waals surface area contributed by atoms with Gasteiger partial charge in [0.1, 0.15) is 5.52 Å². The average Bonchev–Trinajstić information content (AvgIpc) is 2.92. The van der Waals surface area contributed by atoms with Crippen molar-refractivity contribution < 1.29 is 9.53 Å². The van der Waals surface area contributed by atoms with Crippen LogP contribution in [0.4, 0.5) is 0 Å². The maximum absolute atomic E-state index is 12.4. The maximum atomic E-state index is 12.4. The summed E-state index contributed by atoms with van der Waals surface area (Å²) in [5, 5.41) is 0. The molecule has 0 aliphatic heterocycles. The molecule has 0 saturated heterocycles. The first kappa shape index (κ1) is 14.0. The zero-order valence-electron chi connectivity index (χ0n) is 12.2. The van der Waals surface area contributed by atoms with Gasteiger partial charge in [0, 0.05) is 19.4 Å². The monoisotopic (exact) mass is 298 g/mol. The fourth-order valence-electron chi connectivity index (χ4n) is 2.25. The Kier molecular flexibility index (Phi) is 3.46. The van der Waals surface area contributed by atoms with E-state index in [1.807, 2.05) is 0 Å². The van der Waals surface area contributed by atoms with Crippen LogP contribution in [-0.4, -0.2) is 32.2 Å². The predicted molar refractivity (Wildman–Crippen MR) is 79.7 cm³/mol. The summed E-state index contributed by atoms with van der Waals surface area (Å²) in [5.41, 5.74) is 2.11. The second-order valence-electron chi connectivity index (χ2n) is 4.87. The lowest BCUT2D eigenvalue weighted by Crippen LogP contribution is -2.22. The van der Waals surface area contributed by atoms with Gasteiger partial charge in [0.15, 0.2) is 0 Å². The number of rotatable bonds is 3. The molecule has 0 amide bonds. The summed E-state index contributed by atoms with van der Waals surface area (Å²) in [6.45, 7) is 0.286. The minimum Gasteiger partial charge on any atom is -0.465 e. The van der Waals surface area contributed by atoms with Crippen molar-refractivity contribution in [2.24, 2.45) is 7.05 Å². The van der Waals surface area contributed by atoms with E-state index in [-0.39, 0.29) is 12.1 Å². The van der Waals surface area contributed by atoms with Crippen molar-refractivity contribution in [1.82, 2.24) is 19.1 Å². The van der Waals surface area contributed by atoms with Gasteiger partial charge in [-0.15, -0.1) is 0 Å². The van der Waals surface area contributed by atoms with Gasteiger partial charge in [-0.05, 0) is 18.2 Å². The number of hydrogen-bond acceptors (Lipinski definition) is 5. The van der Waals surface area contributed by atoms with Crippen LogP contribution in [0.2, 0.25) is 0 Å². The summed E-state index contributed by atoms with van der Waals surface area (Å²) in [6, 6.07) is 5.10. The van der Waals surface area contributed by atoms with Gasteiger partial charge in [0.05, 0.1) is 36.8 Å². The lowest BCUT2D eigenvalue weighted by Gasteiger charge is -2.06. The minimum absolute atomic E-state index is 0.128. The Hall–Kier alpha value is -2.96. The molecule has 0 aliphatic carbocycles. The van der Waals surface area contributed by atoms with E-state index in [2.05, 4.69) is 14.7 Å². The number of pyridine rings is 1. The lowest BCUT2D eigenvalue weighted by atomic mass is 10.2. The Labute approximate surface area is 125 Å². The molecule has 0 atom stereocenters. The van der Waals surface area contributed by atoms with Gasteiger partial charge >= 0.3 is 5.97 Å². The van der Waals surface area contributed by atoms with Crippen LogP contribution in [0.3, 0.4) is 0 Å². The molecule has 7 heteroatoms. The molecule has 3 heterocycles. The van der Waals surface area contributed by atoms with Crippen molar-refractivity contribution in [2.75, 3.05) is 7.11 Å². The highest BCUT2D eigenvalue weighted by atomic mass is 16.5. The van der Waals surface area contributed by atoms with Crippen LogP contribution in [0.5, 0.6) is 0 Å². The van der Waals surface area contributed by atoms with Crippen molar-refractivity contribution in [3.05, 3.63) is 58.5 Å². The Morgan fingerprint density at radius 2 is 2.09 bits per heavy atom. The Morgan fingerprint density at radius 3 is 2.77 bits per heavy atom. The third-order valence-electron chi connectivity index (χ3n) is 3.43. The largest absolute Gasteiger partial charge is 0.465 e. The highest BCUT2D eigenvalue weighted by Gasteiger charge is 2.09. The topological polar surface area (TPSA) is 79.0 Å². The van der Waals surface area contributed by atoms with E-state index < -0.39 is 5.97 Å². The number of aryl methyl sites for hydroxylation is 1. The van der Waals surface area contributed by atoms with Crippen LogP contribution >= 0.6 is 0 Å². The molecule has 0 spiro atoms. The highest BCUT2D eigenvalue weighted by Crippen LogP contribution is 2.07. The van der Waals surface area contributed by atoms with E-state index >= 15 is 0 Å². The fraction of sp³-hybridized carbons (Fsp3) is 0.200. The van der Waals surface area contributed by atoms with Crippen molar-refractivity contribution >= 4 is 17.0 Å². The number of esters is 1. The standard InChI is InChI=1S/C15H14N4O3/c1-18-6-5-12-13(18)14(20)19(9-17-12)8-11-4-3-10(7-16-11)15(21)22-2/h3-7,9H,8H2,1-2H3. The van der Waals surface area contributed by atoms with E-state index in [4.69, 9.17) is 0 Å². The molecular formula is C15H14N4O3. The predicted octanol–water partition coefficient (Wildman–Crippen LogP) is 0.965. The molecule has 0 fully saturated rings. The number of aromatic nitrogens is 4. The highest BCUT2D eigenvalue weighted by molar-refractivity contribution is 5.88. The van der Waals surface area contributed by atoms with E-state index in [1.165, 1.54) is 24.2 Å². The summed E-state index contributed by atoms with van der Waals surface area (Å²) in [5.74, 6) is -0.442. The molecule has 0 aliphatic rings. The van der Waals surface area contributed by atoms with Crippen LogP contribution in [0, 0.1) is 0 Å².